The number of rotatable bonds is 2. The highest BCUT2D eigenvalue weighted by atomic mass is 127. The lowest BCUT2D eigenvalue weighted by molar-refractivity contribution is -0.114. The van der Waals surface area contributed by atoms with Gasteiger partial charge in [-0.1, -0.05) is 6.07 Å². The van der Waals surface area contributed by atoms with Crippen molar-refractivity contribution in [2.45, 2.75) is 6.92 Å². The third-order valence-corrected chi connectivity index (χ3v) is 2.33. The van der Waals surface area contributed by atoms with Crippen LogP contribution in [0, 0.1) is 10.5 Å². The molecule has 0 spiro atoms. The zero-order valence-electron chi connectivity index (χ0n) is 7.30. The van der Waals surface area contributed by atoms with E-state index < -0.39 is 0 Å². The van der Waals surface area contributed by atoms with E-state index in [1.54, 1.807) is 0 Å². The van der Waals surface area contributed by atoms with Crippen LogP contribution in [0.1, 0.15) is 5.56 Å². The number of carbonyl (C=O) groups is 1. The summed E-state index contributed by atoms with van der Waals surface area (Å²) >= 11 is 2.20. The SMILES string of the molecule is Cc1ccc(I)cc1NC(=O)CN. The predicted molar refractivity (Wildman–Crippen MR) is 61.6 cm³/mol. The topological polar surface area (TPSA) is 55.1 Å². The maximum atomic E-state index is 11.0. The molecule has 3 nitrogen and oxygen atoms in total. The third-order valence-electron chi connectivity index (χ3n) is 1.66. The summed E-state index contributed by atoms with van der Waals surface area (Å²) in [5.41, 5.74) is 7.07. The molecule has 0 heterocycles. The Morgan fingerprint density at radius 3 is 2.92 bits per heavy atom. The second-order valence-electron chi connectivity index (χ2n) is 2.71. The van der Waals surface area contributed by atoms with Crippen LogP contribution in [-0.2, 0) is 4.79 Å². The number of benzene rings is 1. The van der Waals surface area contributed by atoms with Crippen LogP contribution in [0.5, 0.6) is 0 Å². The lowest BCUT2D eigenvalue weighted by atomic mass is 10.2. The molecule has 0 aliphatic heterocycles. The van der Waals surface area contributed by atoms with Crippen molar-refractivity contribution in [1.82, 2.24) is 0 Å². The largest absolute Gasteiger partial charge is 0.325 e. The van der Waals surface area contributed by atoms with E-state index in [4.69, 9.17) is 5.73 Å². The Bertz CT molecular complexity index is 325. The first-order valence-corrected chi connectivity index (χ1v) is 4.97. The van der Waals surface area contributed by atoms with Gasteiger partial charge in [-0.15, -0.1) is 0 Å². The molecule has 70 valence electrons. The Hall–Kier alpha value is -0.620. The number of aryl methyl sites for hydroxylation is 1. The minimum atomic E-state index is -0.162. The lowest BCUT2D eigenvalue weighted by Gasteiger charge is -2.07. The van der Waals surface area contributed by atoms with E-state index in [1.165, 1.54) is 0 Å². The molecule has 1 amide bonds. The van der Waals surface area contributed by atoms with Gasteiger partial charge >= 0.3 is 0 Å². The van der Waals surface area contributed by atoms with E-state index >= 15 is 0 Å². The van der Waals surface area contributed by atoms with Crippen LogP contribution < -0.4 is 11.1 Å². The van der Waals surface area contributed by atoms with Gasteiger partial charge in [-0.05, 0) is 47.2 Å². The van der Waals surface area contributed by atoms with Gasteiger partial charge in [0.05, 0.1) is 6.54 Å². The molecule has 0 fully saturated rings. The third kappa shape index (κ3) is 2.96. The molecular weight excluding hydrogens is 279 g/mol. The molecule has 3 N–H and O–H groups in total. The summed E-state index contributed by atoms with van der Waals surface area (Å²) in [6.45, 7) is 1.97. The molecule has 0 atom stereocenters. The second kappa shape index (κ2) is 4.57. The fraction of sp³-hybridized carbons (Fsp3) is 0.222. The first-order valence-electron chi connectivity index (χ1n) is 3.89. The molecule has 1 aromatic carbocycles. The summed E-state index contributed by atoms with van der Waals surface area (Å²) in [6.07, 6.45) is 0. The molecule has 0 saturated heterocycles. The second-order valence-corrected chi connectivity index (χ2v) is 3.96. The summed E-state index contributed by atoms with van der Waals surface area (Å²) in [6, 6.07) is 5.88. The van der Waals surface area contributed by atoms with Crippen LogP contribution in [0.3, 0.4) is 0 Å². The number of carbonyl (C=O) groups excluding carboxylic acids is 1. The van der Waals surface area contributed by atoms with Gasteiger partial charge in [0.2, 0.25) is 5.91 Å². The van der Waals surface area contributed by atoms with Crippen molar-refractivity contribution in [3.8, 4) is 0 Å². The van der Waals surface area contributed by atoms with Gasteiger partial charge in [0.1, 0.15) is 0 Å². The number of nitrogens with one attached hydrogen (secondary N) is 1. The summed E-state index contributed by atoms with van der Waals surface area (Å²) < 4.78 is 1.09. The van der Waals surface area contributed by atoms with Crippen molar-refractivity contribution >= 4 is 34.2 Å². The van der Waals surface area contributed by atoms with Crippen molar-refractivity contribution in [3.63, 3.8) is 0 Å². The van der Waals surface area contributed by atoms with Crippen LogP contribution in [0.2, 0.25) is 0 Å². The highest BCUT2D eigenvalue weighted by molar-refractivity contribution is 14.1. The quantitative estimate of drug-likeness (QED) is 0.811. The van der Waals surface area contributed by atoms with E-state index in [9.17, 15) is 4.79 Å². The number of anilines is 1. The molecule has 1 aromatic rings. The lowest BCUT2D eigenvalue weighted by Crippen LogP contribution is -2.22. The smallest absolute Gasteiger partial charge is 0.238 e. The normalized spacial score (nSPS) is 9.77. The number of hydrogen-bond donors (Lipinski definition) is 2. The Morgan fingerprint density at radius 2 is 2.31 bits per heavy atom. The van der Waals surface area contributed by atoms with Crippen molar-refractivity contribution in [2.75, 3.05) is 11.9 Å². The number of halogens is 1. The molecule has 0 aliphatic carbocycles. The van der Waals surface area contributed by atoms with Gasteiger partial charge in [-0.25, -0.2) is 0 Å². The molecule has 0 aliphatic rings. The van der Waals surface area contributed by atoms with E-state index in [2.05, 4.69) is 27.9 Å². The molecular formula is C9H11IN2O. The maximum absolute atomic E-state index is 11.0. The first kappa shape index (κ1) is 10.5. The van der Waals surface area contributed by atoms with Crippen molar-refractivity contribution < 1.29 is 4.79 Å². The molecule has 0 aromatic heterocycles. The van der Waals surface area contributed by atoms with E-state index in [1.807, 2.05) is 25.1 Å². The number of amides is 1. The molecule has 4 heteroatoms. The minimum absolute atomic E-state index is 0.0188. The van der Waals surface area contributed by atoms with Gasteiger partial charge in [0.15, 0.2) is 0 Å². The molecule has 1 rings (SSSR count). The van der Waals surface area contributed by atoms with Gasteiger partial charge in [-0.2, -0.15) is 0 Å². The van der Waals surface area contributed by atoms with Gasteiger partial charge in [0, 0.05) is 9.26 Å². The van der Waals surface area contributed by atoms with Crippen LogP contribution in [0.4, 0.5) is 5.69 Å². The average molecular weight is 290 g/mol. The Morgan fingerprint density at radius 1 is 1.62 bits per heavy atom. The summed E-state index contributed by atoms with van der Waals surface area (Å²) in [7, 11) is 0. The molecule has 0 bridgehead atoms. The van der Waals surface area contributed by atoms with Gasteiger partial charge in [-0.3, -0.25) is 4.79 Å². The number of hydrogen-bond acceptors (Lipinski definition) is 2. The van der Waals surface area contributed by atoms with Crippen LogP contribution >= 0.6 is 22.6 Å². The van der Waals surface area contributed by atoms with Crippen molar-refractivity contribution in [1.29, 1.82) is 0 Å². The summed E-state index contributed by atoms with van der Waals surface area (Å²) in [4.78, 5) is 11.0. The Kier molecular flexibility index (Phi) is 3.68. The fourth-order valence-electron chi connectivity index (χ4n) is 0.930. The Balaban J connectivity index is 2.87. The highest BCUT2D eigenvalue weighted by Gasteiger charge is 2.02. The van der Waals surface area contributed by atoms with Crippen LogP contribution in [-0.4, -0.2) is 12.5 Å². The van der Waals surface area contributed by atoms with Crippen molar-refractivity contribution in [3.05, 3.63) is 27.3 Å². The zero-order chi connectivity index (χ0) is 9.84. The van der Waals surface area contributed by atoms with E-state index in [0.717, 1.165) is 14.8 Å². The monoisotopic (exact) mass is 290 g/mol. The number of nitrogens with two attached hydrogens (primary N) is 1. The van der Waals surface area contributed by atoms with Crippen molar-refractivity contribution in [2.24, 2.45) is 5.73 Å². The molecule has 0 saturated carbocycles. The van der Waals surface area contributed by atoms with E-state index in [-0.39, 0.29) is 12.5 Å². The molecule has 0 radical (unpaired) electrons. The fourth-order valence-corrected chi connectivity index (χ4v) is 1.42. The summed E-state index contributed by atoms with van der Waals surface area (Å²) in [5, 5.41) is 2.73. The van der Waals surface area contributed by atoms with E-state index in [0.29, 0.717) is 0 Å². The predicted octanol–water partition coefficient (Wildman–Crippen LogP) is 1.50. The highest BCUT2D eigenvalue weighted by Crippen LogP contribution is 2.17. The van der Waals surface area contributed by atoms with Gasteiger partial charge < -0.3 is 11.1 Å². The van der Waals surface area contributed by atoms with Crippen LogP contribution in [0.25, 0.3) is 0 Å². The van der Waals surface area contributed by atoms with Gasteiger partial charge in [0.25, 0.3) is 0 Å². The maximum Gasteiger partial charge on any atom is 0.238 e. The first-order chi connectivity index (χ1) is 6.13. The minimum Gasteiger partial charge on any atom is -0.325 e. The zero-order valence-corrected chi connectivity index (χ0v) is 9.46. The molecule has 13 heavy (non-hydrogen) atoms. The Labute approximate surface area is 90.8 Å². The van der Waals surface area contributed by atoms with Crippen LogP contribution in [0.15, 0.2) is 18.2 Å². The summed E-state index contributed by atoms with van der Waals surface area (Å²) in [5.74, 6) is -0.162. The average Bonchev–Trinajstić information content (AvgIpc) is 2.11. The standard InChI is InChI=1S/C9H11IN2O/c1-6-2-3-7(10)4-8(6)12-9(13)5-11/h2-4H,5,11H2,1H3,(H,12,13). The molecule has 0 unspecified atom stereocenters.